The summed E-state index contributed by atoms with van der Waals surface area (Å²) in [6.07, 6.45) is 1.35. The quantitative estimate of drug-likeness (QED) is 0.641. The van der Waals surface area contributed by atoms with Gasteiger partial charge in [-0.2, -0.15) is 5.10 Å². The van der Waals surface area contributed by atoms with Crippen LogP contribution in [-0.4, -0.2) is 39.8 Å². The van der Waals surface area contributed by atoms with E-state index in [0.29, 0.717) is 0 Å². The highest BCUT2D eigenvalue weighted by Crippen LogP contribution is 2.36. The second-order valence-corrected chi connectivity index (χ2v) is 4.94. The van der Waals surface area contributed by atoms with E-state index in [1.165, 1.54) is 0 Å². The van der Waals surface area contributed by atoms with Crippen LogP contribution < -0.4 is 0 Å². The minimum absolute atomic E-state index is 0.299. The summed E-state index contributed by atoms with van der Waals surface area (Å²) in [5.74, 6) is 0. The summed E-state index contributed by atoms with van der Waals surface area (Å²) >= 11 is 17.3. The Morgan fingerprint density at radius 1 is 1.50 bits per heavy atom. The van der Waals surface area contributed by atoms with Gasteiger partial charge in [0.25, 0.3) is 0 Å². The molecule has 0 radical (unpaired) electrons. The molecule has 0 amide bonds. The minimum atomic E-state index is -1.33. The van der Waals surface area contributed by atoms with E-state index in [1.54, 1.807) is 16.2 Å². The number of rotatable bonds is 1. The van der Waals surface area contributed by atoms with Gasteiger partial charge in [-0.3, -0.25) is 5.01 Å². The van der Waals surface area contributed by atoms with Crippen LogP contribution in [-0.2, 0) is 0 Å². The maximum absolute atomic E-state index is 5.78. The van der Waals surface area contributed by atoms with E-state index >= 15 is 0 Å². The Hall–Kier alpha value is 0.140. The van der Waals surface area contributed by atoms with E-state index in [4.69, 9.17) is 34.8 Å². The summed E-state index contributed by atoms with van der Waals surface area (Å²) in [6.45, 7) is 2.68. The average Bonchev–Trinajstić information content (AvgIpc) is 2.29. The molecule has 70 valence electrons. The van der Waals surface area contributed by atoms with Crippen LogP contribution in [0.3, 0.4) is 0 Å². The van der Waals surface area contributed by atoms with E-state index < -0.39 is 3.79 Å². The molecule has 1 heterocycles. The third kappa shape index (κ3) is 1.90. The van der Waals surface area contributed by atoms with Gasteiger partial charge in [0.15, 0.2) is 6.17 Å². The monoisotopic (exact) mass is 229 g/mol. The summed E-state index contributed by atoms with van der Waals surface area (Å²) in [7, 11) is 1.83. The van der Waals surface area contributed by atoms with Crippen molar-refractivity contribution < 1.29 is 0 Å². The molecule has 0 aromatic rings. The lowest BCUT2D eigenvalue weighted by atomic mass is 10.5. The zero-order valence-corrected chi connectivity index (χ0v) is 9.11. The van der Waals surface area contributed by atoms with Gasteiger partial charge in [0.1, 0.15) is 6.34 Å². The maximum Gasteiger partial charge on any atom is 0.230 e. The van der Waals surface area contributed by atoms with E-state index in [9.17, 15) is 0 Å². The highest BCUT2D eigenvalue weighted by molar-refractivity contribution is 6.68. The van der Waals surface area contributed by atoms with Gasteiger partial charge >= 0.3 is 0 Å². The second kappa shape index (κ2) is 3.48. The van der Waals surface area contributed by atoms with Crippen molar-refractivity contribution in [1.29, 1.82) is 0 Å². The molecule has 0 saturated carbocycles. The first-order chi connectivity index (χ1) is 5.46. The molecule has 1 rings (SSSR count). The molecular weight excluding hydrogens is 220 g/mol. The molecule has 1 atom stereocenters. The standard InChI is InChI=1S/C6H10Cl3N3/c1-3-12-5(6(7,8)9)11(2)4-10-12/h4-5H,3H2,1-2H3. The van der Waals surface area contributed by atoms with Crippen molar-refractivity contribution in [3.8, 4) is 0 Å². The number of hydrogen-bond acceptors (Lipinski definition) is 3. The summed E-state index contributed by atoms with van der Waals surface area (Å²) in [6, 6.07) is 0. The first-order valence-corrected chi connectivity index (χ1v) is 4.69. The molecule has 12 heavy (non-hydrogen) atoms. The van der Waals surface area contributed by atoms with Crippen LogP contribution in [0.4, 0.5) is 0 Å². The first kappa shape index (κ1) is 10.2. The van der Waals surface area contributed by atoms with Crippen LogP contribution in [0.2, 0.25) is 0 Å². The van der Waals surface area contributed by atoms with Crippen LogP contribution in [0.5, 0.6) is 0 Å². The van der Waals surface area contributed by atoms with Crippen LogP contribution in [0.15, 0.2) is 5.10 Å². The summed E-state index contributed by atoms with van der Waals surface area (Å²) in [5, 5.41) is 5.79. The lowest BCUT2D eigenvalue weighted by Gasteiger charge is -2.32. The summed E-state index contributed by atoms with van der Waals surface area (Å²) in [4.78, 5) is 1.77. The van der Waals surface area contributed by atoms with Gasteiger partial charge in [-0.05, 0) is 6.92 Å². The van der Waals surface area contributed by atoms with Crippen molar-refractivity contribution in [1.82, 2.24) is 9.91 Å². The smallest absolute Gasteiger partial charge is 0.230 e. The van der Waals surface area contributed by atoms with Gasteiger partial charge in [-0.25, -0.2) is 0 Å². The Morgan fingerprint density at radius 3 is 2.42 bits per heavy atom. The van der Waals surface area contributed by atoms with Gasteiger partial charge in [-0.15, -0.1) is 0 Å². The normalized spacial score (nSPS) is 23.9. The Morgan fingerprint density at radius 2 is 2.08 bits per heavy atom. The highest BCUT2D eigenvalue weighted by atomic mass is 35.6. The fourth-order valence-corrected chi connectivity index (χ4v) is 1.94. The number of halogens is 3. The Kier molecular flexibility index (Phi) is 2.97. The lowest BCUT2D eigenvalue weighted by molar-refractivity contribution is 0.157. The Labute approximate surface area is 86.9 Å². The molecule has 1 aliphatic rings. The van der Waals surface area contributed by atoms with Crippen molar-refractivity contribution >= 4 is 41.1 Å². The molecule has 0 spiro atoms. The van der Waals surface area contributed by atoms with Crippen molar-refractivity contribution in [2.45, 2.75) is 16.9 Å². The van der Waals surface area contributed by atoms with Gasteiger partial charge in [0.05, 0.1) is 0 Å². The number of hydrazone groups is 1. The highest BCUT2D eigenvalue weighted by Gasteiger charge is 2.41. The van der Waals surface area contributed by atoms with E-state index in [0.717, 1.165) is 6.54 Å². The van der Waals surface area contributed by atoms with E-state index in [2.05, 4.69) is 5.10 Å². The fourth-order valence-electron chi connectivity index (χ4n) is 1.14. The second-order valence-electron chi connectivity index (χ2n) is 2.57. The number of hydrogen-bond donors (Lipinski definition) is 0. The molecule has 0 aromatic heterocycles. The van der Waals surface area contributed by atoms with Crippen molar-refractivity contribution in [3.63, 3.8) is 0 Å². The van der Waals surface area contributed by atoms with Crippen LogP contribution in [0, 0.1) is 0 Å². The largest absolute Gasteiger partial charge is 0.339 e. The van der Waals surface area contributed by atoms with E-state index in [1.807, 2.05) is 14.0 Å². The SMILES string of the molecule is CCN1N=CN(C)C1C(Cl)(Cl)Cl. The molecule has 0 N–H and O–H groups in total. The molecule has 0 fully saturated rings. The predicted octanol–water partition coefficient (Wildman–Crippen LogP) is 1.89. The van der Waals surface area contributed by atoms with Gasteiger partial charge in [0.2, 0.25) is 3.79 Å². The van der Waals surface area contributed by atoms with Gasteiger partial charge < -0.3 is 4.90 Å². The third-order valence-corrected chi connectivity index (χ3v) is 2.25. The first-order valence-electron chi connectivity index (χ1n) is 3.56. The van der Waals surface area contributed by atoms with Crippen LogP contribution in [0.1, 0.15) is 6.92 Å². The van der Waals surface area contributed by atoms with Crippen LogP contribution >= 0.6 is 34.8 Å². The van der Waals surface area contributed by atoms with Crippen molar-refractivity contribution in [2.75, 3.05) is 13.6 Å². The predicted molar refractivity (Wildman–Crippen MR) is 52.7 cm³/mol. The maximum atomic E-state index is 5.78. The molecule has 3 nitrogen and oxygen atoms in total. The van der Waals surface area contributed by atoms with E-state index in [-0.39, 0.29) is 6.17 Å². The summed E-state index contributed by atoms with van der Waals surface area (Å²) < 4.78 is -1.33. The minimum Gasteiger partial charge on any atom is -0.339 e. The lowest BCUT2D eigenvalue weighted by Crippen LogP contribution is -2.46. The number of alkyl halides is 3. The zero-order valence-electron chi connectivity index (χ0n) is 6.84. The van der Waals surface area contributed by atoms with Crippen molar-refractivity contribution in [3.05, 3.63) is 0 Å². The molecule has 0 bridgehead atoms. The topological polar surface area (TPSA) is 18.8 Å². The summed E-state index contributed by atoms with van der Waals surface area (Å²) in [5.41, 5.74) is 0. The van der Waals surface area contributed by atoms with Gasteiger partial charge in [-0.1, -0.05) is 34.8 Å². The molecular formula is C6H10Cl3N3. The molecule has 1 aliphatic heterocycles. The zero-order chi connectivity index (χ0) is 9.35. The Balaban J connectivity index is 2.75. The molecule has 1 unspecified atom stereocenters. The average molecular weight is 231 g/mol. The molecule has 6 heteroatoms. The molecule has 0 saturated heterocycles. The third-order valence-electron chi connectivity index (χ3n) is 1.67. The fraction of sp³-hybridized carbons (Fsp3) is 0.833. The van der Waals surface area contributed by atoms with Crippen molar-refractivity contribution in [2.24, 2.45) is 5.10 Å². The Bertz CT molecular complexity index is 189. The van der Waals surface area contributed by atoms with Gasteiger partial charge in [0, 0.05) is 13.6 Å². The molecule has 0 aliphatic carbocycles. The van der Waals surface area contributed by atoms with Crippen LogP contribution in [0.25, 0.3) is 0 Å². The number of nitrogens with zero attached hydrogens (tertiary/aromatic N) is 3. The molecule has 0 aromatic carbocycles.